The Morgan fingerprint density at radius 3 is 2.30 bits per heavy atom. The Bertz CT molecular complexity index is 1770. The number of Topliss-reactive ketones (excluding diaryl/α,β-unsaturated/α-hetero) is 1. The quantitative estimate of drug-likeness (QED) is 0.202. The van der Waals surface area contributed by atoms with E-state index in [1.165, 1.54) is 35.4 Å². The van der Waals surface area contributed by atoms with E-state index in [0.29, 0.717) is 35.2 Å². The molecule has 5 rings (SSSR count). The van der Waals surface area contributed by atoms with Gasteiger partial charge in [-0.2, -0.15) is 0 Å². The van der Waals surface area contributed by atoms with Crippen LogP contribution in [0.25, 0.3) is 11.1 Å². The van der Waals surface area contributed by atoms with E-state index in [1.54, 1.807) is 32.9 Å². The number of nitrogens with zero attached hydrogens (tertiary/aromatic N) is 2. The molecule has 1 aliphatic heterocycles. The molecule has 2 amide bonds. The van der Waals surface area contributed by atoms with Crippen LogP contribution in [0.15, 0.2) is 85.1 Å². The molecule has 1 aliphatic rings. The number of primary amides is 1. The Morgan fingerprint density at radius 1 is 0.936 bits per heavy atom. The van der Waals surface area contributed by atoms with Crippen molar-refractivity contribution in [2.24, 2.45) is 5.73 Å². The van der Waals surface area contributed by atoms with Crippen molar-refractivity contribution in [3.05, 3.63) is 125 Å². The Morgan fingerprint density at radius 2 is 1.64 bits per heavy atom. The lowest BCUT2D eigenvalue weighted by atomic mass is 9.85. The molecule has 1 aromatic heterocycles. The van der Waals surface area contributed by atoms with Crippen LogP contribution in [0, 0.1) is 17.5 Å². The predicted octanol–water partition coefficient (Wildman–Crippen LogP) is 7.69. The monoisotopic (exact) mass is 643 g/mol. The first-order chi connectivity index (χ1) is 22.3. The molecule has 0 unspecified atom stereocenters. The van der Waals surface area contributed by atoms with Crippen LogP contribution in [-0.4, -0.2) is 39.3 Å². The molecular weight excluding hydrogens is 607 g/mol. The van der Waals surface area contributed by atoms with Crippen LogP contribution < -0.4 is 5.73 Å². The highest BCUT2D eigenvalue weighted by atomic mass is 19.1. The van der Waals surface area contributed by atoms with Gasteiger partial charge in [-0.1, -0.05) is 42.5 Å². The highest BCUT2D eigenvalue weighted by molar-refractivity contribution is 5.94. The summed E-state index contributed by atoms with van der Waals surface area (Å²) in [6.07, 6.45) is 1.70. The molecule has 10 heteroatoms. The van der Waals surface area contributed by atoms with Crippen LogP contribution in [0.3, 0.4) is 0 Å². The number of amides is 2. The smallest absolute Gasteiger partial charge is 0.411 e. The highest BCUT2D eigenvalue weighted by Crippen LogP contribution is 2.40. The van der Waals surface area contributed by atoms with Gasteiger partial charge in [-0.05, 0) is 87.1 Å². The molecule has 7 nitrogen and oxygen atoms in total. The largest absolute Gasteiger partial charge is 0.444 e. The third-order valence-electron chi connectivity index (χ3n) is 8.17. The SMILES string of the molecule is CC(C)(C)OC(=O)N1[C@@H](C(=O)C[C@@H](Cc2cc(F)cc(F)c2)c2ncccc2-c2ccc(F)c(C(N)=O)c2)CC[C@H]1c1ccccc1. The maximum atomic E-state index is 14.4. The third kappa shape index (κ3) is 7.88. The number of ketones is 1. The Kier molecular flexibility index (Phi) is 9.79. The van der Waals surface area contributed by atoms with E-state index in [0.717, 1.165) is 17.7 Å². The number of likely N-dealkylation sites (tertiary alicyclic amines) is 1. The van der Waals surface area contributed by atoms with Crippen LogP contribution in [0.1, 0.15) is 79.2 Å². The number of pyridine rings is 1. The van der Waals surface area contributed by atoms with Crippen molar-refractivity contribution in [2.45, 2.75) is 70.1 Å². The Balaban J connectivity index is 1.55. The van der Waals surface area contributed by atoms with Crippen molar-refractivity contribution in [3.8, 4) is 11.1 Å². The average molecular weight is 644 g/mol. The molecule has 1 fully saturated rings. The van der Waals surface area contributed by atoms with Crippen molar-refractivity contribution < 1.29 is 32.3 Å². The molecule has 0 saturated carbocycles. The molecule has 2 N–H and O–H groups in total. The summed E-state index contributed by atoms with van der Waals surface area (Å²) >= 11 is 0. The first kappa shape index (κ1) is 33.4. The van der Waals surface area contributed by atoms with Crippen LogP contribution in [0.4, 0.5) is 18.0 Å². The lowest BCUT2D eigenvalue weighted by Gasteiger charge is -2.33. The van der Waals surface area contributed by atoms with E-state index in [2.05, 4.69) is 4.98 Å². The molecule has 0 bridgehead atoms. The fourth-order valence-electron chi connectivity index (χ4n) is 6.23. The third-order valence-corrected chi connectivity index (χ3v) is 8.17. The van der Waals surface area contributed by atoms with Crippen LogP contribution in [-0.2, 0) is 16.0 Å². The van der Waals surface area contributed by atoms with Gasteiger partial charge in [0.1, 0.15) is 23.1 Å². The molecule has 244 valence electrons. The van der Waals surface area contributed by atoms with Gasteiger partial charge in [0.25, 0.3) is 5.91 Å². The number of benzene rings is 3. The van der Waals surface area contributed by atoms with Crippen molar-refractivity contribution in [1.29, 1.82) is 0 Å². The zero-order valence-electron chi connectivity index (χ0n) is 26.4. The van der Waals surface area contributed by atoms with Gasteiger partial charge < -0.3 is 10.5 Å². The van der Waals surface area contributed by atoms with Gasteiger partial charge in [-0.15, -0.1) is 0 Å². The van der Waals surface area contributed by atoms with Gasteiger partial charge in [0.2, 0.25) is 0 Å². The maximum Gasteiger partial charge on any atom is 0.411 e. The second kappa shape index (κ2) is 13.8. The summed E-state index contributed by atoms with van der Waals surface area (Å²) in [4.78, 5) is 45.9. The fraction of sp³-hybridized carbons (Fsp3) is 0.297. The molecule has 0 radical (unpaired) electrons. The fourth-order valence-corrected chi connectivity index (χ4v) is 6.23. The number of carbonyl (C=O) groups excluding carboxylic acids is 3. The van der Waals surface area contributed by atoms with Crippen molar-refractivity contribution in [2.75, 3.05) is 0 Å². The average Bonchev–Trinajstić information content (AvgIpc) is 3.46. The minimum absolute atomic E-state index is 0.0234. The molecule has 2 heterocycles. The van der Waals surface area contributed by atoms with Crippen LogP contribution >= 0.6 is 0 Å². The van der Waals surface area contributed by atoms with Crippen molar-refractivity contribution in [1.82, 2.24) is 9.88 Å². The van der Waals surface area contributed by atoms with E-state index >= 15 is 0 Å². The van der Waals surface area contributed by atoms with Gasteiger partial charge in [0, 0.05) is 30.2 Å². The van der Waals surface area contributed by atoms with E-state index in [4.69, 9.17) is 10.5 Å². The number of ether oxygens (including phenoxy) is 1. The summed E-state index contributed by atoms with van der Waals surface area (Å²) in [5, 5.41) is 0. The molecular formula is C37H36F3N3O4. The molecule has 4 aromatic rings. The van der Waals surface area contributed by atoms with Gasteiger partial charge >= 0.3 is 6.09 Å². The zero-order valence-corrected chi connectivity index (χ0v) is 26.4. The number of rotatable bonds is 9. The summed E-state index contributed by atoms with van der Waals surface area (Å²) in [6.45, 7) is 5.27. The molecule has 1 saturated heterocycles. The topological polar surface area (TPSA) is 103 Å². The zero-order chi connectivity index (χ0) is 33.9. The first-order valence-corrected chi connectivity index (χ1v) is 15.4. The number of halogens is 3. The number of carbonyl (C=O) groups is 3. The standard InChI is InChI=1S/C37H36F3N3O4/c1-37(2,3)47-36(46)43-31(23-8-5-4-6-9-23)13-14-32(43)33(44)20-25(16-22-17-26(38)21-27(39)18-22)34-28(10-7-15-42-34)24-11-12-30(40)29(19-24)35(41)45/h4-12,15,17-19,21,25,31-32H,13-14,16,20H2,1-3H3,(H2,41,45)/t25-,31+,32-/m1/s1. The summed E-state index contributed by atoms with van der Waals surface area (Å²) in [7, 11) is 0. The van der Waals surface area contributed by atoms with Crippen LogP contribution in [0.2, 0.25) is 0 Å². The number of hydrogen-bond acceptors (Lipinski definition) is 5. The Labute approximate surface area is 271 Å². The molecule has 3 atom stereocenters. The Hall–Kier alpha value is -4.99. The van der Waals surface area contributed by atoms with Crippen LogP contribution in [0.5, 0.6) is 0 Å². The van der Waals surface area contributed by atoms with E-state index in [1.807, 2.05) is 30.3 Å². The normalized spacial score (nSPS) is 16.9. The second-order valence-electron chi connectivity index (χ2n) is 12.8. The predicted molar refractivity (Wildman–Crippen MR) is 171 cm³/mol. The van der Waals surface area contributed by atoms with Gasteiger partial charge in [0.05, 0.1) is 23.3 Å². The highest BCUT2D eigenvalue weighted by Gasteiger charge is 2.44. The molecule has 0 spiro atoms. The van der Waals surface area contributed by atoms with E-state index < -0.39 is 53.1 Å². The van der Waals surface area contributed by atoms with Gasteiger partial charge in [-0.3, -0.25) is 19.5 Å². The van der Waals surface area contributed by atoms with Crippen molar-refractivity contribution in [3.63, 3.8) is 0 Å². The maximum absolute atomic E-state index is 14.4. The van der Waals surface area contributed by atoms with Gasteiger partial charge in [0.15, 0.2) is 5.78 Å². The lowest BCUT2D eigenvalue weighted by molar-refractivity contribution is -0.124. The molecule has 47 heavy (non-hydrogen) atoms. The van der Waals surface area contributed by atoms with Crippen molar-refractivity contribution >= 4 is 17.8 Å². The minimum Gasteiger partial charge on any atom is -0.444 e. The number of hydrogen-bond donors (Lipinski definition) is 1. The molecule has 0 aliphatic carbocycles. The summed E-state index contributed by atoms with van der Waals surface area (Å²) in [5.74, 6) is -4.27. The number of aromatic nitrogens is 1. The summed E-state index contributed by atoms with van der Waals surface area (Å²) in [5.41, 5.74) is 6.76. The van der Waals surface area contributed by atoms with E-state index in [-0.39, 0.29) is 24.2 Å². The lowest BCUT2D eigenvalue weighted by Crippen LogP contribution is -2.44. The summed E-state index contributed by atoms with van der Waals surface area (Å²) in [6, 6.07) is 18.6. The molecule has 3 aromatic carbocycles. The van der Waals surface area contributed by atoms with E-state index in [9.17, 15) is 27.6 Å². The first-order valence-electron chi connectivity index (χ1n) is 15.4. The summed E-state index contributed by atoms with van der Waals surface area (Å²) < 4.78 is 48.8. The minimum atomic E-state index is -0.951. The second-order valence-corrected chi connectivity index (χ2v) is 12.8. The number of nitrogens with two attached hydrogens (primary N) is 1. The van der Waals surface area contributed by atoms with Gasteiger partial charge in [-0.25, -0.2) is 18.0 Å².